The SMILES string of the molecule is Cc1ccc(-n2ncc3c2ncn2c(COc4ccc(Cl)cc4)nnc32)cc1. The van der Waals surface area contributed by atoms with Crippen LogP contribution in [0.3, 0.4) is 0 Å². The molecule has 0 aliphatic carbocycles. The van der Waals surface area contributed by atoms with Crippen LogP contribution in [0.4, 0.5) is 0 Å². The van der Waals surface area contributed by atoms with Crippen molar-refractivity contribution in [3.05, 3.63) is 77.5 Å². The minimum atomic E-state index is 0.266. The van der Waals surface area contributed by atoms with Gasteiger partial charge in [-0.05, 0) is 43.3 Å². The molecule has 0 saturated heterocycles. The normalized spacial score (nSPS) is 11.4. The number of aromatic nitrogens is 6. The van der Waals surface area contributed by atoms with Crippen molar-refractivity contribution in [3.63, 3.8) is 0 Å². The Labute approximate surface area is 165 Å². The Bertz CT molecular complexity index is 1270. The van der Waals surface area contributed by atoms with E-state index in [1.807, 2.05) is 40.8 Å². The van der Waals surface area contributed by atoms with Gasteiger partial charge in [-0.2, -0.15) is 5.10 Å². The molecule has 0 N–H and O–H groups in total. The third-order valence-corrected chi connectivity index (χ3v) is 4.76. The van der Waals surface area contributed by atoms with Gasteiger partial charge in [0.25, 0.3) is 0 Å². The molecule has 3 heterocycles. The first-order chi connectivity index (χ1) is 13.7. The maximum Gasteiger partial charge on any atom is 0.176 e. The lowest BCUT2D eigenvalue weighted by molar-refractivity contribution is 0.294. The minimum absolute atomic E-state index is 0.266. The third kappa shape index (κ3) is 2.86. The van der Waals surface area contributed by atoms with Gasteiger partial charge in [0.05, 0.1) is 17.3 Å². The van der Waals surface area contributed by atoms with E-state index in [0.717, 1.165) is 16.7 Å². The molecule has 0 atom stereocenters. The highest BCUT2D eigenvalue weighted by Crippen LogP contribution is 2.21. The zero-order chi connectivity index (χ0) is 19.1. The van der Waals surface area contributed by atoms with Crippen LogP contribution in [0.5, 0.6) is 5.75 Å². The lowest BCUT2D eigenvalue weighted by Crippen LogP contribution is -2.03. The maximum absolute atomic E-state index is 5.90. The van der Waals surface area contributed by atoms with Crippen LogP contribution in [0.1, 0.15) is 11.4 Å². The summed E-state index contributed by atoms with van der Waals surface area (Å²) in [4.78, 5) is 4.58. The monoisotopic (exact) mass is 390 g/mol. The summed E-state index contributed by atoms with van der Waals surface area (Å²) in [7, 11) is 0. The van der Waals surface area contributed by atoms with Gasteiger partial charge in [0.1, 0.15) is 18.7 Å². The van der Waals surface area contributed by atoms with Crippen LogP contribution in [0.15, 0.2) is 61.1 Å². The lowest BCUT2D eigenvalue weighted by atomic mass is 10.2. The highest BCUT2D eigenvalue weighted by atomic mass is 35.5. The van der Waals surface area contributed by atoms with Crippen molar-refractivity contribution < 1.29 is 4.74 Å². The van der Waals surface area contributed by atoms with E-state index in [1.54, 1.807) is 29.3 Å². The van der Waals surface area contributed by atoms with E-state index in [1.165, 1.54) is 5.56 Å². The van der Waals surface area contributed by atoms with Crippen LogP contribution in [-0.4, -0.2) is 29.4 Å². The van der Waals surface area contributed by atoms with Gasteiger partial charge in [-0.25, -0.2) is 9.67 Å². The molecule has 5 aromatic rings. The summed E-state index contributed by atoms with van der Waals surface area (Å²) in [6.45, 7) is 2.32. The molecule has 8 heteroatoms. The zero-order valence-corrected chi connectivity index (χ0v) is 15.7. The molecule has 138 valence electrons. The van der Waals surface area contributed by atoms with Gasteiger partial charge in [-0.15, -0.1) is 10.2 Å². The van der Waals surface area contributed by atoms with Crippen molar-refractivity contribution in [2.75, 3.05) is 0 Å². The molecule has 0 radical (unpaired) electrons. The zero-order valence-electron chi connectivity index (χ0n) is 15.0. The molecule has 0 fully saturated rings. The average Bonchev–Trinajstić information content (AvgIpc) is 3.32. The summed E-state index contributed by atoms with van der Waals surface area (Å²) in [6.07, 6.45) is 3.46. The number of nitrogens with zero attached hydrogens (tertiary/aromatic N) is 6. The quantitative estimate of drug-likeness (QED) is 0.464. The van der Waals surface area contributed by atoms with E-state index < -0.39 is 0 Å². The van der Waals surface area contributed by atoms with Crippen LogP contribution in [0.2, 0.25) is 5.02 Å². The molecule has 0 aliphatic rings. The highest BCUT2D eigenvalue weighted by Gasteiger charge is 2.14. The Kier molecular flexibility index (Phi) is 3.95. The third-order valence-electron chi connectivity index (χ3n) is 4.51. The molecule has 28 heavy (non-hydrogen) atoms. The first kappa shape index (κ1) is 16.7. The number of fused-ring (bicyclic) bond motifs is 3. The molecule has 3 aromatic heterocycles. The van der Waals surface area contributed by atoms with Crippen molar-refractivity contribution in [3.8, 4) is 11.4 Å². The number of aryl methyl sites for hydroxylation is 1. The molecule has 7 nitrogen and oxygen atoms in total. The summed E-state index contributed by atoms with van der Waals surface area (Å²) in [5, 5.41) is 14.5. The molecule has 0 unspecified atom stereocenters. The van der Waals surface area contributed by atoms with Gasteiger partial charge >= 0.3 is 0 Å². The molecule has 5 rings (SSSR count). The number of rotatable bonds is 4. The summed E-state index contributed by atoms with van der Waals surface area (Å²) < 4.78 is 9.40. The van der Waals surface area contributed by atoms with Gasteiger partial charge in [-0.3, -0.25) is 4.40 Å². The van der Waals surface area contributed by atoms with Crippen molar-refractivity contribution in [2.24, 2.45) is 0 Å². The van der Waals surface area contributed by atoms with E-state index in [-0.39, 0.29) is 6.61 Å². The van der Waals surface area contributed by atoms with Crippen LogP contribution >= 0.6 is 11.6 Å². The number of benzene rings is 2. The predicted octanol–water partition coefficient (Wildman–Crippen LogP) is 4.00. The van der Waals surface area contributed by atoms with Crippen molar-refractivity contribution in [1.29, 1.82) is 0 Å². The average molecular weight is 391 g/mol. The number of hydrogen-bond donors (Lipinski definition) is 0. The second-order valence-electron chi connectivity index (χ2n) is 6.43. The second kappa shape index (κ2) is 6.61. The Morgan fingerprint density at radius 3 is 2.54 bits per heavy atom. The predicted molar refractivity (Wildman–Crippen MR) is 106 cm³/mol. The standard InChI is InChI=1S/C20H15ClN6O/c1-13-2-6-15(7-3-13)27-19-17(10-23-27)20-25-24-18(26(20)12-22-19)11-28-16-8-4-14(21)5-9-16/h2-10,12H,11H2,1H3. The van der Waals surface area contributed by atoms with E-state index in [9.17, 15) is 0 Å². The summed E-state index contributed by atoms with van der Waals surface area (Å²) in [5.74, 6) is 1.37. The molecular weight excluding hydrogens is 376 g/mol. The van der Waals surface area contributed by atoms with Crippen LogP contribution < -0.4 is 4.74 Å². The first-order valence-electron chi connectivity index (χ1n) is 8.71. The number of hydrogen-bond acceptors (Lipinski definition) is 5. The van der Waals surface area contributed by atoms with E-state index in [0.29, 0.717) is 22.2 Å². The maximum atomic E-state index is 5.90. The van der Waals surface area contributed by atoms with Gasteiger partial charge in [0.2, 0.25) is 0 Å². The van der Waals surface area contributed by atoms with Gasteiger partial charge in [0.15, 0.2) is 17.1 Å². The lowest BCUT2D eigenvalue weighted by Gasteiger charge is -2.05. The first-order valence-corrected chi connectivity index (χ1v) is 9.08. The fourth-order valence-electron chi connectivity index (χ4n) is 3.02. The number of ether oxygens (including phenoxy) is 1. The van der Waals surface area contributed by atoms with E-state index in [4.69, 9.17) is 16.3 Å². The molecule has 2 aromatic carbocycles. The Balaban J connectivity index is 1.50. The summed E-state index contributed by atoms with van der Waals surface area (Å²) >= 11 is 5.90. The van der Waals surface area contributed by atoms with Gasteiger partial charge < -0.3 is 4.74 Å². The van der Waals surface area contributed by atoms with E-state index in [2.05, 4.69) is 27.2 Å². The Morgan fingerprint density at radius 2 is 1.75 bits per heavy atom. The smallest absolute Gasteiger partial charge is 0.176 e. The fourth-order valence-corrected chi connectivity index (χ4v) is 3.14. The number of halogens is 1. The highest BCUT2D eigenvalue weighted by molar-refractivity contribution is 6.30. The summed E-state index contributed by atoms with van der Waals surface area (Å²) in [5.41, 5.74) is 3.56. The van der Waals surface area contributed by atoms with Crippen molar-refractivity contribution in [2.45, 2.75) is 13.5 Å². The second-order valence-corrected chi connectivity index (χ2v) is 6.86. The van der Waals surface area contributed by atoms with Crippen molar-refractivity contribution in [1.82, 2.24) is 29.4 Å². The minimum Gasteiger partial charge on any atom is -0.486 e. The molecular formula is C20H15ClN6O. The molecule has 0 amide bonds. The summed E-state index contributed by atoms with van der Waals surface area (Å²) in [6, 6.07) is 15.3. The Morgan fingerprint density at radius 1 is 0.964 bits per heavy atom. The van der Waals surface area contributed by atoms with Gasteiger partial charge in [0, 0.05) is 5.02 Å². The topological polar surface area (TPSA) is 70.1 Å². The van der Waals surface area contributed by atoms with Crippen LogP contribution in [-0.2, 0) is 6.61 Å². The molecule has 0 bridgehead atoms. The molecule has 0 spiro atoms. The molecule has 0 saturated carbocycles. The van der Waals surface area contributed by atoms with Crippen molar-refractivity contribution >= 4 is 28.3 Å². The van der Waals surface area contributed by atoms with E-state index >= 15 is 0 Å². The molecule has 0 aliphatic heterocycles. The van der Waals surface area contributed by atoms with Gasteiger partial charge in [-0.1, -0.05) is 29.3 Å². The van der Waals surface area contributed by atoms with Crippen LogP contribution in [0, 0.1) is 6.92 Å². The fraction of sp³-hybridized carbons (Fsp3) is 0.100. The largest absolute Gasteiger partial charge is 0.486 e. The Hall–Kier alpha value is -3.45. The van der Waals surface area contributed by atoms with Crippen LogP contribution in [0.25, 0.3) is 22.4 Å².